The number of benzene rings is 1. The molecule has 24 heavy (non-hydrogen) atoms. The predicted octanol–water partition coefficient (Wildman–Crippen LogP) is 1.26. The summed E-state index contributed by atoms with van der Waals surface area (Å²) in [5, 5.41) is 4.34. The Labute approximate surface area is 140 Å². The van der Waals surface area contributed by atoms with Crippen molar-refractivity contribution in [2.45, 2.75) is 19.1 Å². The summed E-state index contributed by atoms with van der Waals surface area (Å²) >= 11 is 0. The Morgan fingerprint density at radius 2 is 2.12 bits per heavy atom. The molecular weight excluding hydrogens is 308 g/mol. The lowest BCUT2D eigenvalue weighted by Gasteiger charge is -2.34. The Kier molecular flexibility index (Phi) is 3.65. The molecule has 1 aromatic heterocycles. The highest BCUT2D eigenvalue weighted by Crippen LogP contribution is 2.33. The summed E-state index contributed by atoms with van der Waals surface area (Å²) in [5.41, 5.74) is 2.20. The van der Waals surface area contributed by atoms with Gasteiger partial charge in [0.2, 0.25) is 12.7 Å². The van der Waals surface area contributed by atoms with Crippen LogP contribution in [0.5, 0.6) is 11.5 Å². The third-order valence-electron chi connectivity index (χ3n) is 4.43. The smallest absolute Gasteiger partial charge is 0.248 e. The fraction of sp³-hybridized carbons (Fsp3) is 0.412. The SMILES string of the molecule is CN(C)C(=O)C1CN(Cc2ccc3c(c2)OCO3)Cc2ccnn21. The van der Waals surface area contributed by atoms with Crippen molar-refractivity contribution < 1.29 is 14.3 Å². The Bertz CT molecular complexity index is 771. The van der Waals surface area contributed by atoms with Crippen LogP contribution in [-0.2, 0) is 17.9 Å². The van der Waals surface area contributed by atoms with E-state index in [2.05, 4.69) is 10.00 Å². The summed E-state index contributed by atoms with van der Waals surface area (Å²) in [7, 11) is 3.56. The first-order valence-corrected chi connectivity index (χ1v) is 7.96. The van der Waals surface area contributed by atoms with Gasteiger partial charge < -0.3 is 14.4 Å². The van der Waals surface area contributed by atoms with Crippen LogP contribution in [0, 0.1) is 0 Å². The van der Waals surface area contributed by atoms with Gasteiger partial charge in [-0.1, -0.05) is 6.07 Å². The lowest BCUT2D eigenvalue weighted by atomic mass is 10.1. The minimum atomic E-state index is -0.284. The van der Waals surface area contributed by atoms with E-state index in [1.165, 1.54) is 0 Å². The van der Waals surface area contributed by atoms with Crippen molar-refractivity contribution in [3.8, 4) is 11.5 Å². The maximum Gasteiger partial charge on any atom is 0.248 e. The molecule has 126 valence electrons. The number of fused-ring (bicyclic) bond motifs is 2. The number of amides is 1. The maximum atomic E-state index is 12.5. The molecule has 2 aliphatic heterocycles. The second-order valence-corrected chi connectivity index (χ2v) is 6.37. The Balaban J connectivity index is 1.55. The normalized spacial score (nSPS) is 19.2. The van der Waals surface area contributed by atoms with Crippen molar-refractivity contribution in [3.05, 3.63) is 41.7 Å². The molecule has 0 aliphatic carbocycles. The molecule has 0 bridgehead atoms. The minimum Gasteiger partial charge on any atom is -0.454 e. The summed E-state index contributed by atoms with van der Waals surface area (Å²) in [4.78, 5) is 16.4. The molecule has 0 saturated carbocycles. The molecule has 0 fully saturated rings. The van der Waals surface area contributed by atoms with Crippen LogP contribution in [0.1, 0.15) is 17.3 Å². The van der Waals surface area contributed by atoms with Gasteiger partial charge in [0.15, 0.2) is 11.5 Å². The molecule has 4 rings (SSSR count). The topological polar surface area (TPSA) is 59.8 Å². The zero-order valence-corrected chi connectivity index (χ0v) is 13.8. The fourth-order valence-corrected chi connectivity index (χ4v) is 3.26. The Hall–Kier alpha value is -2.54. The standard InChI is InChI=1S/C17H20N4O3/c1-19(2)17(22)14-10-20(9-13-5-6-18-21(13)14)8-12-3-4-15-16(7-12)24-11-23-15/h3-7,14H,8-11H2,1-2H3. The fourth-order valence-electron chi connectivity index (χ4n) is 3.26. The van der Waals surface area contributed by atoms with Crippen molar-refractivity contribution >= 4 is 5.91 Å². The molecule has 2 aromatic rings. The number of hydrogen-bond acceptors (Lipinski definition) is 5. The number of carbonyl (C=O) groups excluding carboxylic acids is 1. The van der Waals surface area contributed by atoms with Crippen molar-refractivity contribution in [2.75, 3.05) is 27.4 Å². The number of hydrogen-bond donors (Lipinski definition) is 0. The Morgan fingerprint density at radius 3 is 2.96 bits per heavy atom. The van der Waals surface area contributed by atoms with E-state index in [0.29, 0.717) is 6.54 Å². The van der Waals surface area contributed by atoms with Crippen LogP contribution >= 0.6 is 0 Å². The van der Waals surface area contributed by atoms with Gasteiger partial charge in [0.05, 0.1) is 5.69 Å². The highest BCUT2D eigenvalue weighted by atomic mass is 16.7. The maximum absolute atomic E-state index is 12.5. The van der Waals surface area contributed by atoms with Crippen LogP contribution in [0.2, 0.25) is 0 Å². The Morgan fingerprint density at radius 1 is 1.29 bits per heavy atom. The molecule has 1 amide bonds. The average molecular weight is 328 g/mol. The molecule has 7 heteroatoms. The number of nitrogens with zero attached hydrogens (tertiary/aromatic N) is 4. The van der Waals surface area contributed by atoms with Crippen LogP contribution in [0.4, 0.5) is 0 Å². The number of rotatable bonds is 3. The zero-order chi connectivity index (χ0) is 16.7. The van der Waals surface area contributed by atoms with E-state index in [-0.39, 0.29) is 18.7 Å². The lowest BCUT2D eigenvalue weighted by molar-refractivity contribution is -0.134. The van der Waals surface area contributed by atoms with Crippen LogP contribution in [-0.4, -0.2) is 52.9 Å². The van der Waals surface area contributed by atoms with E-state index < -0.39 is 0 Å². The predicted molar refractivity (Wildman–Crippen MR) is 86.6 cm³/mol. The lowest BCUT2D eigenvalue weighted by Crippen LogP contribution is -2.44. The first kappa shape index (κ1) is 15.0. The number of likely N-dealkylation sites (N-methyl/N-ethyl adjacent to an activating group) is 1. The first-order valence-electron chi connectivity index (χ1n) is 7.96. The highest BCUT2D eigenvalue weighted by Gasteiger charge is 2.31. The van der Waals surface area contributed by atoms with Gasteiger partial charge in [-0.15, -0.1) is 0 Å². The largest absolute Gasteiger partial charge is 0.454 e. The summed E-state index contributed by atoms with van der Waals surface area (Å²) < 4.78 is 12.6. The number of carbonyl (C=O) groups is 1. The molecule has 1 unspecified atom stereocenters. The van der Waals surface area contributed by atoms with E-state index in [1.807, 2.05) is 28.9 Å². The molecule has 1 aromatic carbocycles. The van der Waals surface area contributed by atoms with Crippen LogP contribution in [0.25, 0.3) is 0 Å². The minimum absolute atomic E-state index is 0.0651. The molecule has 0 saturated heterocycles. The van der Waals surface area contributed by atoms with Crippen LogP contribution in [0.15, 0.2) is 30.5 Å². The van der Waals surface area contributed by atoms with E-state index in [4.69, 9.17) is 9.47 Å². The van der Waals surface area contributed by atoms with Gasteiger partial charge in [0.25, 0.3) is 0 Å². The van der Waals surface area contributed by atoms with E-state index in [0.717, 1.165) is 35.8 Å². The van der Waals surface area contributed by atoms with Crippen LogP contribution < -0.4 is 9.47 Å². The van der Waals surface area contributed by atoms with Gasteiger partial charge >= 0.3 is 0 Å². The average Bonchev–Trinajstić information content (AvgIpc) is 3.21. The zero-order valence-electron chi connectivity index (χ0n) is 13.8. The summed E-state index contributed by atoms with van der Waals surface area (Å²) in [6.07, 6.45) is 1.76. The van der Waals surface area contributed by atoms with Crippen molar-refractivity contribution in [1.82, 2.24) is 19.6 Å². The quantitative estimate of drug-likeness (QED) is 0.849. The third kappa shape index (κ3) is 2.60. The van der Waals surface area contributed by atoms with Crippen LogP contribution in [0.3, 0.4) is 0 Å². The van der Waals surface area contributed by atoms with E-state index in [1.54, 1.807) is 25.2 Å². The van der Waals surface area contributed by atoms with Crippen molar-refractivity contribution in [3.63, 3.8) is 0 Å². The molecule has 2 aliphatic rings. The van der Waals surface area contributed by atoms with Gasteiger partial charge in [-0.25, -0.2) is 0 Å². The number of ether oxygens (including phenoxy) is 2. The molecule has 0 radical (unpaired) electrons. The molecular formula is C17H20N4O3. The highest BCUT2D eigenvalue weighted by molar-refractivity contribution is 5.80. The van der Waals surface area contributed by atoms with Gasteiger partial charge in [-0.3, -0.25) is 14.4 Å². The molecule has 1 atom stereocenters. The third-order valence-corrected chi connectivity index (χ3v) is 4.43. The summed E-state index contributed by atoms with van der Waals surface area (Å²) in [6, 6.07) is 7.68. The molecule has 7 nitrogen and oxygen atoms in total. The van der Waals surface area contributed by atoms with E-state index in [9.17, 15) is 4.79 Å². The van der Waals surface area contributed by atoms with E-state index >= 15 is 0 Å². The number of aromatic nitrogens is 2. The molecule has 0 spiro atoms. The van der Waals surface area contributed by atoms with Gasteiger partial charge in [0, 0.05) is 39.9 Å². The van der Waals surface area contributed by atoms with Gasteiger partial charge in [0.1, 0.15) is 6.04 Å². The van der Waals surface area contributed by atoms with Gasteiger partial charge in [-0.05, 0) is 23.8 Å². The summed E-state index contributed by atoms with van der Waals surface area (Å²) in [6.45, 7) is 2.44. The monoisotopic (exact) mass is 328 g/mol. The first-order chi connectivity index (χ1) is 11.6. The second kappa shape index (κ2) is 5.83. The van der Waals surface area contributed by atoms with Crippen molar-refractivity contribution in [1.29, 1.82) is 0 Å². The molecule has 0 N–H and O–H groups in total. The van der Waals surface area contributed by atoms with Gasteiger partial charge in [-0.2, -0.15) is 5.10 Å². The second-order valence-electron chi connectivity index (χ2n) is 6.37. The molecule has 3 heterocycles. The van der Waals surface area contributed by atoms with Crippen molar-refractivity contribution in [2.24, 2.45) is 0 Å². The summed E-state index contributed by atoms with van der Waals surface area (Å²) in [5.74, 6) is 1.64.